The predicted octanol–water partition coefficient (Wildman–Crippen LogP) is 0.981. The number of morpholine rings is 1. The molecule has 1 aliphatic heterocycles. The third-order valence-electron chi connectivity index (χ3n) is 2.99. The molecule has 0 amide bonds. The molecular weight excluding hydrogens is 234 g/mol. The molecule has 1 N–H and O–H groups in total. The third-order valence-corrected chi connectivity index (χ3v) is 2.99. The fourth-order valence-corrected chi connectivity index (χ4v) is 1.98. The lowest BCUT2D eigenvalue weighted by molar-refractivity contribution is -0.156. The number of nitrogens with zero attached hydrogens (tertiary/aromatic N) is 1. The average molecular weight is 251 g/mol. The number of benzene rings is 1. The minimum absolute atomic E-state index is 0.432. The van der Waals surface area contributed by atoms with Crippen LogP contribution in [0.25, 0.3) is 0 Å². The van der Waals surface area contributed by atoms with Crippen molar-refractivity contribution in [1.82, 2.24) is 4.90 Å². The van der Waals surface area contributed by atoms with Gasteiger partial charge in [0, 0.05) is 19.6 Å². The molecular formula is C13H17NO4. The van der Waals surface area contributed by atoms with Gasteiger partial charge < -0.3 is 14.6 Å². The maximum absolute atomic E-state index is 10.9. The number of aliphatic carboxylic acids is 1. The molecule has 2 rings (SSSR count). The Morgan fingerprint density at radius 3 is 2.83 bits per heavy atom. The summed E-state index contributed by atoms with van der Waals surface area (Å²) in [5.41, 5.74) is 1.14. The third kappa shape index (κ3) is 3.21. The average Bonchev–Trinajstić information content (AvgIpc) is 2.40. The van der Waals surface area contributed by atoms with Gasteiger partial charge in [-0.25, -0.2) is 4.79 Å². The Balaban J connectivity index is 1.93. The van der Waals surface area contributed by atoms with Crippen LogP contribution in [0.15, 0.2) is 24.3 Å². The second-order valence-corrected chi connectivity index (χ2v) is 4.28. The van der Waals surface area contributed by atoms with E-state index in [4.69, 9.17) is 14.6 Å². The molecule has 5 nitrogen and oxygen atoms in total. The van der Waals surface area contributed by atoms with Crippen molar-refractivity contribution in [3.05, 3.63) is 29.8 Å². The first-order chi connectivity index (χ1) is 8.69. The van der Waals surface area contributed by atoms with Gasteiger partial charge in [0.1, 0.15) is 5.75 Å². The molecule has 5 heteroatoms. The summed E-state index contributed by atoms with van der Waals surface area (Å²) in [7, 11) is 1.63. The molecule has 98 valence electrons. The molecule has 1 fully saturated rings. The SMILES string of the molecule is COc1ccc(CN2CCO[C@@H](C(=O)O)C2)cc1. The Bertz CT molecular complexity index is 404. The van der Waals surface area contributed by atoms with E-state index in [9.17, 15) is 4.79 Å². The molecule has 0 saturated carbocycles. The highest BCUT2D eigenvalue weighted by molar-refractivity contribution is 5.72. The van der Waals surface area contributed by atoms with Crippen molar-refractivity contribution in [1.29, 1.82) is 0 Å². The van der Waals surface area contributed by atoms with E-state index < -0.39 is 12.1 Å². The molecule has 1 saturated heterocycles. The zero-order valence-corrected chi connectivity index (χ0v) is 10.3. The van der Waals surface area contributed by atoms with Gasteiger partial charge in [0.25, 0.3) is 0 Å². The first-order valence-corrected chi connectivity index (χ1v) is 5.89. The molecule has 1 aromatic rings. The van der Waals surface area contributed by atoms with Crippen LogP contribution >= 0.6 is 0 Å². The standard InChI is InChI=1S/C13H17NO4/c1-17-11-4-2-10(3-5-11)8-14-6-7-18-12(9-14)13(15)16/h2-5,12H,6-9H2,1H3,(H,15,16)/t12-/m1/s1. The Hall–Kier alpha value is -1.59. The molecule has 1 aromatic carbocycles. The Morgan fingerprint density at radius 2 is 2.22 bits per heavy atom. The monoisotopic (exact) mass is 251 g/mol. The van der Waals surface area contributed by atoms with E-state index in [1.165, 1.54) is 0 Å². The summed E-state index contributed by atoms with van der Waals surface area (Å²) in [6, 6.07) is 7.79. The number of methoxy groups -OCH3 is 1. The van der Waals surface area contributed by atoms with E-state index in [0.29, 0.717) is 13.2 Å². The quantitative estimate of drug-likeness (QED) is 0.864. The van der Waals surface area contributed by atoms with Crippen LogP contribution in [0, 0.1) is 0 Å². The molecule has 0 unspecified atom stereocenters. The van der Waals surface area contributed by atoms with E-state index in [-0.39, 0.29) is 0 Å². The molecule has 1 aliphatic rings. The van der Waals surface area contributed by atoms with Crippen LogP contribution in [0.5, 0.6) is 5.75 Å². The van der Waals surface area contributed by atoms with E-state index in [0.717, 1.165) is 24.4 Å². The molecule has 0 bridgehead atoms. The van der Waals surface area contributed by atoms with Crippen molar-refractivity contribution in [3.63, 3.8) is 0 Å². The smallest absolute Gasteiger partial charge is 0.334 e. The lowest BCUT2D eigenvalue weighted by Gasteiger charge is -2.30. The number of ether oxygens (including phenoxy) is 2. The Kier molecular flexibility index (Phi) is 4.17. The largest absolute Gasteiger partial charge is 0.497 e. The molecule has 18 heavy (non-hydrogen) atoms. The van der Waals surface area contributed by atoms with Crippen molar-refractivity contribution in [2.75, 3.05) is 26.8 Å². The van der Waals surface area contributed by atoms with Crippen LogP contribution in [0.3, 0.4) is 0 Å². The van der Waals surface area contributed by atoms with Gasteiger partial charge in [0.2, 0.25) is 0 Å². The normalized spacial score (nSPS) is 20.6. The van der Waals surface area contributed by atoms with Crippen molar-refractivity contribution in [2.45, 2.75) is 12.6 Å². The van der Waals surface area contributed by atoms with E-state index >= 15 is 0 Å². The maximum atomic E-state index is 10.9. The zero-order chi connectivity index (χ0) is 13.0. The summed E-state index contributed by atoms with van der Waals surface area (Å²) in [6.07, 6.45) is -0.711. The van der Waals surface area contributed by atoms with Crippen LogP contribution in [0.4, 0.5) is 0 Å². The van der Waals surface area contributed by atoms with Gasteiger partial charge in [0.15, 0.2) is 6.10 Å². The number of carboxylic acid groups (broad SMARTS) is 1. The number of carboxylic acids is 1. The van der Waals surface area contributed by atoms with E-state index in [1.54, 1.807) is 7.11 Å². The molecule has 1 heterocycles. The highest BCUT2D eigenvalue weighted by Crippen LogP contribution is 2.14. The summed E-state index contributed by atoms with van der Waals surface area (Å²) < 4.78 is 10.3. The molecule has 0 aromatic heterocycles. The van der Waals surface area contributed by atoms with Gasteiger partial charge in [-0.15, -0.1) is 0 Å². The Labute approximate surface area is 106 Å². The second kappa shape index (κ2) is 5.84. The van der Waals surface area contributed by atoms with E-state index in [2.05, 4.69) is 4.90 Å². The lowest BCUT2D eigenvalue weighted by atomic mass is 10.2. The molecule has 0 radical (unpaired) electrons. The molecule has 1 atom stereocenters. The van der Waals surface area contributed by atoms with Gasteiger partial charge in [-0.2, -0.15) is 0 Å². The summed E-state index contributed by atoms with van der Waals surface area (Å²) >= 11 is 0. The van der Waals surface area contributed by atoms with Gasteiger partial charge in [-0.1, -0.05) is 12.1 Å². The van der Waals surface area contributed by atoms with Crippen LogP contribution < -0.4 is 4.74 Å². The molecule has 0 spiro atoms. The fourth-order valence-electron chi connectivity index (χ4n) is 1.98. The minimum atomic E-state index is -0.894. The number of rotatable bonds is 4. The van der Waals surface area contributed by atoms with Crippen molar-refractivity contribution in [2.24, 2.45) is 0 Å². The first kappa shape index (κ1) is 12.9. The van der Waals surface area contributed by atoms with Crippen LogP contribution in [-0.4, -0.2) is 48.9 Å². The van der Waals surface area contributed by atoms with Gasteiger partial charge in [0.05, 0.1) is 13.7 Å². The molecule has 0 aliphatic carbocycles. The van der Waals surface area contributed by atoms with Gasteiger partial charge in [-0.3, -0.25) is 4.90 Å². The first-order valence-electron chi connectivity index (χ1n) is 5.89. The number of hydrogen-bond donors (Lipinski definition) is 1. The maximum Gasteiger partial charge on any atom is 0.334 e. The zero-order valence-electron chi connectivity index (χ0n) is 10.3. The van der Waals surface area contributed by atoms with Crippen molar-refractivity contribution in [3.8, 4) is 5.75 Å². The van der Waals surface area contributed by atoms with Gasteiger partial charge in [-0.05, 0) is 17.7 Å². The van der Waals surface area contributed by atoms with Crippen molar-refractivity contribution >= 4 is 5.97 Å². The minimum Gasteiger partial charge on any atom is -0.497 e. The summed E-state index contributed by atoms with van der Waals surface area (Å²) in [5.74, 6) is -0.0708. The fraction of sp³-hybridized carbons (Fsp3) is 0.462. The summed E-state index contributed by atoms with van der Waals surface area (Å²) in [6.45, 7) is 2.39. The van der Waals surface area contributed by atoms with Crippen LogP contribution in [-0.2, 0) is 16.1 Å². The van der Waals surface area contributed by atoms with E-state index in [1.807, 2.05) is 24.3 Å². The topological polar surface area (TPSA) is 59.0 Å². The second-order valence-electron chi connectivity index (χ2n) is 4.28. The van der Waals surface area contributed by atoms with Crippen LogP contribution in [0.1, 0.15) is 5.56 Å². The van der Waals surface area contributed by atoms with Crippen LogP contribution in [0.2, 0.25) is 0 Å². The number of hydrogen-bond acceptors (Lipinski definition) is 4. The highest BCUT2D eigenvalue weighted by atomic mass is 16.5. The lowest BCUT2D eigenvalue weighted by Crippen LogP contribution is -2.45. The van der Waals surface area contributed by atoms with Crippen molar-refractivity contribution < 1.29 is 19.4 Å². The summed E-state index contributed by atoms with van der Waals surface area (Å²) in [4.78, 5) is 13.0. The predicted molar refractivity (Wildman–Crippen MR) is 65.6 cm³/mol. The Morgan fingerprint density at radius 1 is 1.50 bits per heavy atom. The highest BCUT2D eigenvalue weighted by Gasteiger charge is 2.25. The van der Waals surface area contributed by atoms with Gasteiger partial charge >= 0.3 is 5.97 Å². The number of carbonyl (C=O) groups is 1. The summed E-state index contributed by atoms with van der Waals surface area (Å²) in [5, 5.41) is 8.92.